The molecule has 0 aromatic carbocycles. The Morgan fingerprint density at radius 1 is 1.21 bits per heavy atom. The van der Waals surface area contributed by atoms with Crippen molar-refractivity contribution in [3.8, 4) is 0 Å². The molecule has 0 bridgehead atoms. The van der Waals surface area contributed by atoms with Crippen LogP contribution in [0.2, 0.25) is 0 Å². The van der Waals surface area contributed by atoms with Gasteiger partial charge in [-0.2, -0.15) is 0 Å². The standard InChI is InChI=1S/C11H26N2O/c1-11(2,3)13-8-6-5-7-10(9-14)12-4/h10,12-14H,5-9H2,1-4H3. The maximum absolute atomic E-state index is 8.93. The van der Waals surface area contributed by atoms with Gasteiger partial charge >= 0.3 is 0 Å². The SMILES string of the molecule is CNC(CO)CCCCNC(C)(C)C. The summed E-state index contributed by atoms with van der Waals surface area (Å²) in [6.45, 7) is 7.83. The summed E-state index contributed by atoms with van der Waals surface area (Å²) in [6, 6.07) is 0.268. The first kappa shape index (κ1) is 13.9. The maximum atomic E-state index is 8.93. The first-order valence-electron chi connectivity index (χ1n) is 5.52. The molecular formula is C11H26N2O. The Balaban J connectivity index is 3.29. The van der Waals surface area contributed by atoms with Crippen LogP contribution in [-0.4, -0.2) is 36.9 Å². The second-order valence-electron chi connectivity index (χ2n) is 4.84. The minimum atomic E-state index is 0.222. The van der Waals surface area contributed by atoms with Gasteiger partial charge in [-0.3, -0.25) is 0 Å². The van der Waals surface area contributed by atoms with Gasteiger partial charge in [0.15, 0.2) is 0 Å². The van der Waals surface area contributed by atoms with Crippen LogP contribution >= 0.6 is 0 Å². The van der Waals surface area contributed by atoms with Crippen LogP contribution in [0.5, 0.6) is 0 Å². The first-order chi connectivity index (χ1) is 6.49. The van der Waals surface area contributed by atoms with Gasteiger partial charge in [0.1, 0.15) is 0 Å². The van der Waals surface area contributed by atoms with Crippen LogP contribution in [0.15, 0.2) is 0 Å². The lowest BCUT2D eigenvalue weighted by Crippen LogP contribution is -2.36. The van der Waals surface area contributed by atoms with E-state index in [1.807, 2.05) is 7.05 Å². The Hall–Kier alpha value is -0.120. The predicted molar refractivity (Wildman–Crippen MR) is 61.5 cm³/mol. The maximum Gasteiger partial charge on any atom is 0.0584 e. The van der Waals surface area contributed by atoms with E-state index in [4.69, 9.17) is 5.11 Å². The van der Waals surface area contributed by atoms with Crippen LogP contribution in [0.3, 0.4) is 0 Å². The lowest BCUT2D eigenvalue weighted by atomic mass is 10.1. The summed E-state index contributed by atoms with van der Waals surface area (Å²) in [6.07, 6.45) is 3.39. The van der Waals surface area contributed by atoms with Crippen LogP contribution in [0.1, 0.15) is 40.0 Å². The number of aliphatic hydroxyl groups excluding tert-OH is 1. The highest BCUT2D eigenvalue weighted by atomic mass is 16.3. The molecule has 86 valence electrons. The highest BCUT2D eigenvalue weighted by molar-refractivity contribution is 4.70. The molecule has 1 unspecified atom stereocenters. The van der Waals surface area contributed by atoms with Crippen LogP contribution in [0.25, 0.3) is 0 Å². The zero-order chi connectivity index (χ0) is 11.0. The van der Waals surface area contributed by atoms with Crippen molar-refractivity contribution in [3.63, 3.8) is 0 Å². The number of rotatable bonds is 7. The van der Waals surface area contributed by atoms with Gasteiger partial charge in [-0.15, -0.1) is 0 Å². The van der Waals surface area contributed by atoms with Crippen molar-refractivity contribution in [1.82, 2.24) is 10.6 Å². The summed E-state index contributed by atoms with van der Waals surface area (Å²) < 4.78 is 0. The molecule has 0 saturated carbocycles. The monoisotopic (exact) mass is 202 g/mol. The lowest BCUT2D eigenvalue weighted by molar-refractivity contribution is 0.239. The van der Waals surface area contributed by atoms with Crippen LogP contribution in [-0.2, 0) is 0 Å². The highest BCUT2D eigenvalue weighted by Crippen LogP contribution is 2.02. The topological polar surface area (TPSA) is 44.3 Å². The fraction of sp³-hybridized carbons (Fsp3) is 1.00. The summed E-state index contributed by atoms with van der Waals surface area (Å²) >= 11 is 0. The molecule has 0 amide bonds. The quantitative estimate of drug-likeness (QED) is 0.542. The number of hydrogen-bond acceptors (Lipinski definition) is 3. The number of hydrogen-bond donors (Lipinski definition) is 3. The van der Waals surface area contributed by atoms with Crippen molar-refractivity contribution < 1.29 is 5.11 Å². The molecule has 0 spiro atoms. The third kappa shape index (κ3) is 8.48. The van der Waals surface area contributed by atoms with E-state index in [1.54, 1.807) is 0 Å². The first-order valence-corrected chi connectivity index (χ1v) is 5.52. The van der Waals surface area contributed by atoms with Gasteiger partial charge in [0.05, 0.1) is 6.61 Å². The van der Waals surface area contributed by atoms with Gasteiger partial charge in [0, 0.05) is 11.6 Å². The Morgan fingerprint density at radius 2 is 1.86 bits per heavy atom. The summed E-state index contributed by atoms with van der Waals surface area (Å²) in [4.78, 5) is 0. The Morgan fingerprint density at radius 3 is 2.29 bits per heavy atom. The molecule has 0 aliphatic carbocycles. The molecular weight excluding hydrogens is 176 g/mol. The summed E-state index contributed by atoms with van der Waals surface area (Å²) in [5, 5.41) is 15.5. The van der Waals surface area contributed by atoms with Gasteiger partial charge in [-0.25, -0.2) is 0 Å². The lowest BCUT2D eigenvalue weighted by Gasteiger charge is -2.20. The minimum Gasteiger partial charge on any atom is -0.395 e. The van der Waals surface area contributed by atoms with Gasteiger partial charge in [0.2, 0.25) is 0 Å². The third-order valence-corrected chi connectivity index (χ3v) is 2.26. The van der Waals surface area contributed by atoms with E-state index in [0.29, 0.717) is 0 Å². The van der Waals surface area contributed by atoms with Crippen molar-refractivity contribution in [2.45, 2.75) is 51.6 Å². The Kier molecular flexibility index (Phi) is 7.15. The van der Waals surface area contributed by atoms with Crippen LogP contribution < -0.4 is 10.6 Å². The molecule has 0 aromatic heterocycles. The van der Waals surface area contributed by atoms with Gasteiger partial charge < -0.3 is 15.7 Å². The fourth-order valence-corrected chi connectivity index (χ4v) is 1.31. The zero-order valence-electron chi connectivity index (χ0n) is 10.1. The Bertz CT molecular complexity index is 128. The zero-order valence-corrected chi connectivity index (χ0v) is 10.1. The molecule has 0 heterocycles. The second-order valence-corrected chi connectivity index (χ2v) is 4.84. The van der Waals surface area contributed by atoms with E-state index in [2.05, 4.69) is 31.4 Å². The van der Waals surface area contributed by atoms with E-state index >= 15 is 0 Å². The van der Waals surface area contributed by atoms with Crippen molar-refractivity contribution >= 4 is 0 Å². The van der Waals surface area contributed by atoms with Gasteiger partial charge in [-0.05, 0) is 47.2 Å². The fourth-order valence-electron chi connectivity index (χ4n) is 1.31. The van der Waals surface area contributed by atoms with Crippen molar-refractivity contribution in [2.75, 3.05) is 20.2 Å². The molecule has 3 nitrogen and oxygen atoms in total. The number of likely N-dealkylation sites (N-methyl/N-ethyl adjacent to an activating group) is 1. The van der Waals surface area contributed by atoms with E-state index in [0.717, 1.165) is 19.4 Å². The number of nitrogens with one attached hydrogen (secondary N) is 2. The molecule has 1 atom stereocenters. The van der Waals surface area contributed by atoms with E-state index in [9.17, 15) is 0 Å². The molecule has 3 N–H and O–H groups in total. The van der Waals surface area contributed by atoms with E-state index in [-0.39, 0.29) is 18.2 Å². The van der Waals surface area contributed by atoms with Gasteiger partial charge in [-0.1, -0.05) is 6.42 Å². The summed E-state index contributed by atoms with van der Waals surface area (Å²) in [7, 11) is 1.90. The molecule has 0 aromatic rings. The van der Waals surface area contributed by atoms with Crippen molar-refractivity contribution in [3.05, 3.63) is 0 Å². The summed E-state index contributed by atoms with van der Waals surface area (Å²) in [5.74, 6) is 0. The molecule has 0 radical (unpaired) electrons. The van der Waals surface area contributed by atoms with E-state index in [1.165, 1.54) is 6.42 Å². The largest absolute Gasteiger partial charge is 0.395 e. The molecule has 0 aliphatic heterocycles. The smallest absolute Gasteiger partial charge is 0.0584 e. The van der Waals surface area contributed by atoms with Crippen LogP contribution in [0.4, 0.5) is 0 Å². The summed E-state index contributed by atoms with van der Waals surface area (Å²) in [5.41, 5.74) is 0.222. The van der Waals surface area contributed by atoms with Gasteiger partial charge in [0.25, 0.3) is 0 Å². The van der Waals surface area contributed by atoms with Crippen LogP contribution in [0, 0.1) is 0 Å². The Labute approximate surface area is 88.3 Å². The minimum absolute atomic E-state index is 0.222. The molecule has 0 saturated heterocycles. The molecule has 14 heavy (non-hydrogen) atoms. The predicted octanol–water partition coefficient (Wildman–Crippen LogP) is 1.13. The molecule has 0 fully saturated rings. The third-order valence-electron chi connectivity index (χ3n) is 2.26. The average molecular weight is 202 g/mol. The van der Waals surface area contributed by atoms with Crippen molar-refractivity contribution in [1.29, 1.82) is 0 Å². The highest BCUT2D eigenvalue weighted by Gasteiger charge is 2.08. The number of unbranched alkanes of at least 4 members (excludes halogenated alkanes) is 1. The normalized spacial score (nSPS) is 14.4. The van der Waals surface area contributed by atoms with E-state index < -0.39 is 0 Å². The molecule has 0 rings (SSSR count). The van der Waals surface area contributed by atoms with Crippen molar-refractivity contribution in [2.24, 2.45) is 0 Å². The molecule has 3 heteroatoms. The molecule has 0 aliphatic rings. The number of aliphatic hydroxyl groups is 1. The second kappa shape index (κ2) is 7.21. The average Bonchev–Trinajstić information content (AvgIpc) is 2.09.